The van der Waals surface area contributed by atoms with Gasteiger partial charge in [0.2, 0.25) is 5.56 Å². The van der Waals surface area contributed by atoms with Crippen molar-refractivity contribution in [2.45, 2.75) is 20.3 Å². The molecular weight excluding hydrogens is 212 g/mol. The number of H-pyrrole nitrogens is 2. The highest BCUT2D eigenvalue weighted by atomic mass is 16.1. The molecule has 2 aromatic heterocycles. The van der Waals surface area contributed by atoms with Crippen LogP contribution in [0.3, 0.4) is 0 Å². The van der Waals surface area contributed by atoms with E-state index < -0.39 is 0 Å². The van der Waals surface area contributed by atoms with Gasteiger partial charge in [-0.25, -0.2) is 0 Å². The topological polar surface area (TPSA) is 48.6 Å². The Balaban J connectivity index is 2.54. The van der Waals surface area contributed by atoms with E-state index in [0.29, 0.717) is 0 Å². The maximum atomic E-state index is 11.3. The molecule has 17 heavy (non-hydrogen) atoms. The minimum atomic E-state index is -0.0549. The fourth-order valence-corrected chi connectivity index (χ4v) is 2.50. The number of nitrogens with one attached hydrogen (secondary N) is 2. The highest BCUT2D eigenvalue weighted by Crippen LogP contribution is 2.28. The summed E-state index contributed by atoms with van der Waals surface area (Å²) in [6.45, 7) is 4.27. The Hall–Kier alpha value is -2.03. The normalized spacial score (nSPS) is 11.4. The number of aryl methyl sites for hydroxylation is 2. The first kappa shape index (κ1) is 10.1. The second-order valence-corrected chi connectivity index (χ2v) is 4.35. The van der Waals surface area contributed by atoms with Crippen molar-refractivity contribution in [3.63, 3.8) is 0 Å². The van der Waals surface area contributed by atoms with Crippen molar-refractivity contribution < 1.29 is 0 Å². The van der Waals surface area contributed by atoms with Crippen LogP contribution in [0.2, 0.25) is 0 Å². The van der Waals surface area contributed by atoms with Gasteiger partial charge in [0, 0.05) is 33.6 Å². The molecule has 0 aliphatic heterocycles. The zero-order valence-electron chi connectivity index (χ0n) is 9.92. The quantitative estimate of drug-likeness (QED) is 0.658. The Bertz CT molecular complexity index is 765. The molecule has 0 fully saturated rings. The summed E-state index contributed by atoms with van der Waals surface area (Å²) < 4.78 is 0. The monoisotopic (exact) mass is 226 g/mol. The Kier molecular flexibility index (Phi) is 2.08. The summed E-state index contributed by atoms with van der Waals surface area (Å²) in [6.07, 6.45) is 0.991. The van der Waals surface area contributed by atoms with E-state index in [1.54, 1.807) is 6.07 Å². The molecule has 3 nitrogen and oxygen atoms in total. The Morgan fingerprint density at radius 3 is 2.59 bits per heavy atom. The van der Waals surface area contributed by atoms with Crippen LogP contribution in [0.15, 0.2) is 29.1 Å². The molecule has 0 spiro atoms. The third kappa shape index (κ3) is 1.39. The summed E-state index contributed by atoms with van der Waals surface area (Å²) >= 11 is 0. The number of pyridine rings is 1. The van der Waals surface area contributed by atoms with Gasteiger partial charge in [0.1, 0.15) is 0 Å². The largest absolute Gasteiger partial charge is 0.358 e. The molecule has 3 aromatic rings. The van der Waals surface area contributed by atoms with Crippen molar-refractivity contribution in [2.75, 3.05) is 0 Å². The maximum Gasteiger partial charge on any atom is 0.248 e. The summed E-state index contributed by atoms with van der Waals surface area (Å²) in [6, 6.07) is 7.46. The predicted molar refractivity (Wildman–Crippen MR) is 70.5 cm³/mol. The second kappa shape index (κ2) is 3.48. The van der Waals surface area contributed by atoms with Crippen LogP contribution < -0.4 is 5.56 Å². The number of hydrogen-bond donors (Lipinski definition) is 2. The Morgan fingerprint density at radius 2 is 1.82 bits per heavy atom. The SMILES string of the molecule is CCc1[nH]c2ccc3[nH]c(=O)ccc3c2c1C. The van der Waals surface area contributed by atoms with E-state index in [4.69, 9.17) is 0 Å². The van der Waals surface area contributed by atoms with Crippen molar-refractivity contribution >= 4 is 21.8 Å². The number of aromatic amines is 2. The van der Waals surface area contributed by atoms with Gasteiger partial charge >= 0.3 is 0 Å². The molecule has 3 rings (SSSR count). The first-order valence-corrected chi connectivity index (χ1v) is 5.84. The maximum absolute atomic E-state index is 11.3. The van der Waals surface area contributed by atoms with Gasteiger partial charge in [0.25, 0.3) is 0 Å². The van der Waals surface area contributed by atoms with Gasteiger partial charge in [-0.15, -0.1) is 0 Å². The summed E-state index contributed by atoms with van der Waals surface area (Å²) in [4.78, 5) is 17.6. The number of rotatable bonds is 1. The van der Waals surface area contributed by atoms with E-state index in [9.17, 15) is 4.79 Å². The van der Waals surface area contributed by atoms with Gasteiger partial charge in [-0.3, -0.25) is 4.79 Å². The number of fused-ring (bicyclic) bond motifs is 3. The van der Waals surface area contributed by atoms with Crippen LogP contribution in [-0.4, -0.2) is 9.97 Å². The van der Waals surface area contributed by atoms with E-state index >= 15 is 0 Å². The standard InChI is InChI=1S/C14H14N2O/c1-3-10-8(2)14-9-4-7-13(17)16-11(9)5-6-12(14)15-10/h4-7,15H,3H2,1-2H3,(H,16,17). The van der Waals surface area contributed by atoms with Gasteiger partial charge in [0.15, 0.2) is 0 Å². The van der Waals surface area contributed by atoms with Crippen LogP contribution in [0.1, 0.15) is 18.2 Å². The summed E-state index contributed by atoms with van der Waals surface area (Å²) in [5.74, 6) is 0. The molecule has 0 unspecified atom stereocenters. The van der Waals surface area contributed by atoms with Crippen LogP contribution in [0.4, 0.5) is 0 Å². The van der Waals surface area contributed by atoms with Crippen LogP contribution in [0.25, 0.3) is 21.8 Å². The van der Waals surface area contributed by atoms with Crippen LogP contribution >= 0.6 is 0 Å². The molecule has 1 aromatic carbocycles. The van der Waals surface area contributed by atoms with Gasteiger partial charge < -0.3 is 9.97 Å². The molecule has 3 heteroatoms. The molecule has 86 valence electrons. The third-order valence-corrected chi connectivity index (χ3v) is 3.37. The summed E-state index contributed by atoms with van der Waals surface area (Å²) in [7, 11) is 0. The van der Waals surface area contributed by atoms with E-state index in [-0.39, 0.29) is 5.56 Å². The number of hydrogen-bond acceptors (Lipinski definition) is 1. The molecule has 0 saturated heterocycles. The highest BCUT2D eigenvalue weighted by Gasteiger charge is 2.09. The van der Waals surface area contributed by atoms with Gasteiger partial charge in [0.05, 0.1) is 0 Å². The van der Waals surface area contributed by atoms with Crippen LogP contribution in [0, 0.1) is 6.92 Å². The van der Waals surface area contributed by atoms with Crippen LogP contribution in [-0.2, 0) is 6.42 Å². The van der Waals surface area contributed by atoms with Gasteiger partial charge in [-0.05, 0) is 37.1 Å². The first-order valence-electron chi connectivity index (χ1n) is 5.84. The van der Waals surface area contributed by atoms with E-state index in [0.717, 1.165) is 22.8 Å². The third-order valence-electron chi connectivity index (χ3n) is 3.37. The highest BCUT2D eigenvalue weighted by molar-refractivity contribution is 6.07. The summed E-state index contributed by atoms with van der Waals surface area (Å²) in [5, 5.41) is 2.33. The molecule has 0 radical (unpaired) electrons. The minimum Gasteiger partial charge on any atom is -0.358 e. The van der Waals surface area contributed by atoms with Gasteiger partial charge in [-0.2, -0.15) is 0 Å². The molecule has 0 aliphatic carbocycles. The van der Waals surface area contributed by atoms with Crippen molar-refractivity contribution in [1.82, 2.24) is 9.97 Å². The van der Waals surface area contributed by atoms with Gasteiger partial charge in [-0.1, -0.05) is 6.92 Å². The zero-order chi connectivity index (χ0) is 12.0. The predicted octanol–water partition coefficient (Wildman–Crippen LogP) is 2.88. The number of benzene rings is 1. The second-order valence-electron chi connectivity index (χ2n) is 4.35. The van der Waals surface area contributed by atoms with Crippen molar-refractivity contribution in [1.29, 1.82) is 0 Å². The lowest BCUT2D eigenvalue weighted by molar-refractivity contribution is 1.05. The first-order chi connectivity index (χ1) is 8.20. The molecule has 0 bridgehead atoms. The fraction of sp³-hybridized carbons (Fsp3) is 0.214. The van der Waals surface area contributed by atoms with E-state index in [1.165, 1.54) is 16.6 Å². The van der Waals surface area contributed by atoms with Crippen molar-refractivity contribution in [3.05, 3.63) is 45.9 Å². The molecule has 0 amide bonds. The lowest BCUT2D eigenvalue weighted by Crippen LogP contribution is -2.02. The molecule has 2 N–H and O–H groups in total. The lowest BCUT2D eigenvalue weighted by atomic mass is 10.1. The number of aromatic nitrogens is 2. The molecular formula is C14H14N2O. The Morgan fingerprint density at radius 1 is 1.06 bits per heavy atom. The zero-order valence-corrected chi connectivity index (χ0v) is 9.92. The average molecular weight is 226 g/mol. The average Bonchev–Trinajstić information content (AvgIpc) is 2.66. The van der Waals surface area contributed by atoms with E-state index in [2.05, 4.69) is 23.8 Å². The smallest absolute Gasteiger partial charge is 0.248 e. The summed E-state index contributed by atoms with van der Waals surface area (Å²) in [5.41, 5.74) is 4.52. The Labute approximate surface area is 98.5 Å². The minimum absolute atomic E-state index is 0.0549. The molecule has 2 heterocycles. The fourth-order valence-electron chi connectivity index (χ4n) is 2.50. The molecule has 0 aliphatic rings. The van der Waals surface area contributed by atoms with Crippen molar-refractivity contribution in [3.8, 4) is 0 Å². The molecule has 0 atom stereocenters. The van der Waals surface area contributed by atoms with Crippen LogP contribution in [0.5, 0.6) is 0 Å². The van der Waals surface area contributed by atoms with Crippen molar-refractivity contribution in [2.24, 2.45) is 0 Å². The molecule has 0 saturated carbocycles. The van der Waals surface area contributed by atoms with E-state index in [1.807, 2.05) is 18.2 Å². The lowest BCUT2D eigenvalue weighted by Gasteiger charge is -2.00.